The van der Waals surface area contributed by atoms with Crippen LogP contribution in [-0.4, -0.2) is 5.01 Å². The fourth-order valence-corrected chi connectivity index (χ4v) is 0.601. The van der Waals surface area contributed by atoms with Gasteiger partial charge in [-0.2, -0.15) is 6.08 Å². The molecule has 0 spiro atoms. The predicted molar refractivity (Wildman–Crippen MR) is 36.7 cm³/mol. The van der Waals surface area contributed by atoms with E-state index in [1.165, 1.54) is 5.01 Å². The Hall–Kier alpha value is 0.0839. The van der Waals surface area contributed by atoms with Crippen LogP contribution in [0.15, 0.2) is 30.0 Å². The summed E-state index contributed by atoms with van der Waals surface area (Å²) in [5.74, 6) is 5.42. The van der Waals surface area contributed by atoms with Crippen molar-refractivity contribution in [2.45, 2.75) is 6.92 Å². The molecule has 51 valence electrons. The second kappa shape index (κ2) is 4.07. The monoisotopic (exact) mass is 210 g/mol. The summed E-state index contributed by atoms with van der Waals surface area (Å²) in [7, 11) is 0. The van der Waals surface area contributed by atoms with Gasteiger partial charge in [-0.25, -0.2) is 0 Å². The topological polar surface area (TPSA) is 29.3 Å². The van der Waals surface area contributed by atoms with Crippen LogP contribution >= 0.6 is 0 Å². The van der Waals surface area contributed by atoms with E-state index in [9.17, 15) is 0 Å². The van der Waals surface area contributed by atoms with Crippen LogP contribution in [0.2, 0.25) is 0 Å². The molecule has 0 aromatic rings. The van der Waals surface area contributed by atoms with Gasteiger partial charge in [0.15, 0.2) is 0 Å². The first-order valence-electron chi connectivity index (χ1n) is 2.72. The minimum absolute atomic E-state index is 0. The Bertz CT molecular complexity index is 194. The van der Waals surface area contributed by atoms with Gasteiger partial charge in [0.1, 0.15) is 0 Å². The van der Waals surface area contributed by atoms with Crippen molar-refractivity contribution in [3.8, 4) is 0 Å². The molecule has 0 unspecified atom stereocenters. The molecule has 1 aliphatic heterocycles. The molecule has 3 heteroatoms. The summed E-state index contributed by atoms with van der Waals surface area (Å²) in [4.78, 5) is 0. The van der Waals surface area contributed by atoms with Crippen LogP contribution in [-0.2, 0) is 32.7 Å². The fraction of sp³-hybridized carbons (Fsp3) is 0.143. The number of rotatable bonds is 0. The summed E-state index contributed by atoms with van der Waals surface area (Å²) in [5, 5.41) is 1.38. The van der Waals surface area contributed by atoms with Crippen LogP contribution in [0.3, 0.4) is 0 Å². The molecule has 0 aromatic heterocycles. The van der Waals surface area contributed by atoms with Crippen LogP contribution in [0.4, 0.5) is 0 Å². The number of nitrogens with two attached hydrogens (primary N) is 1. The summed E-state index contributed by atoms with van der Waals surface area (Å²) >= 11 is 0. The number of hydrazine groups is 1. The smallest absolute Gasteiger partial charge is 0 e. The van der Waals surface area contributed by atoms with Gasteiger partial charge in [0.2, 0.25) is 0 Å². The largest absolute Gasteiger partial charge is 0.395 e. The molecule has 0 atom stereocenters. The number of allylic oxidation sites excluding steroid dienone is 3. The van der Waals surface area contributed by atoms with E-state index in [4.69, 9.17) is 5.84 Å². The van der Waals surface area contributed by atoms with E-state index < -0.39 is 0 Å². The molecule has 2 N–H and O–H groups in total. The van der Waals surface area contributed by atoms with Gasteiger partial charge in [-0.1, -0.05) is 18.8 Å². The maximum Gasteiger partial charge on any atom is 0 e. The van der Waals surface area contributed by atoms with Crippen molar-refractivity contribution >= 4 is 0 Å². The standard InChI is InChI=1S/C7H9N2.Y/c1-6-3-4-7(2)9(8)5-6;/h3-4H,2,8H2,1H3;/q-1;. The molecule has 0 aliphatic carbocycles. The molecule has 10 heavy (non-hydrogen) atoms. The van der Waals surface area contributed by atoms with E-state index in [1.807, 2.05) is 19.1 Å². The Morgan fingerprint density at radius 1 is 1.60 bits per heavy atom. The quantitative estimate of drug-likeness (QED) is 0.476. The molecule has 0 amide bonds. The van der Waals surface area contributed by atoms with Crippen molar-refractivity contribution in [2.24, 2.45) is 5.84 Å². The molecule has 0 saturated heterocycles. The maximum atomic E-state index is 5.42. The molecule has 1 aliphatic rings. The van der Waals surface area contributed by atoms with Crippen LogP contribution < -0.4 is 5.84 Å². The van der Waals surface area contributed by atoms with Crippen molar-refractivity contribution < 1.29 is 32.7 Å². The molecule has 1 heterocycles. The number of nitrogens with zero attached hydrogens (tertiary/aromatic N) is 1. The minimum atomic E-state index is 0. The van der Waals surface area contributed by atoms with Gasteiger partial charge in [-0.15, -0.1) is 18.2 Å². The summed E-state index contributed by atoms with van der Waals surface area (Å²) in [6, 6.07) is 0. The molecule has 0 fully saturated rings. The molecular weight excluding hydrogens is 201 g/mol. The van der Waals surface area contributed by atoms with Crippen molar-refractivity contribution in [3.05, 3.63) is 36.2 Å². The maximum absolute atomic E-state index is 5.42. The molecule has 2 nitrogen and oxygen atoms in total. The van der Waals surface area contributed by atoms with Crippen molar-refractivity contribution in [3.63, 3.8) is 0 Å². The SMILES string of the molecule is C=C1C=CC(C)=[C-]N1N.[Y]. The van der Waals surface area contributed by atoms with E-state index in [2.05, 4.69) is 12.8 Å². The Morgan fingerprint density at radius 3 is 2.60 bits per heavy atom. The third kappa shape index (κ3) is 2.37. The first kappa shape index (κ1) is 10.1. The van der Waals surface area contributed by atoms with Crippen molar-refractivity contribution in [1.82, 2.24) is 5.01 Å². The average Bonchev–Trinajstić information content (AvgIpc) is 1.80. The number of hydrogen-bond acceptors (Lipinski definition) is 2. The van der Waals surface area contributed by atoms with Crippen LogP contribution in [0.25, 0.3) is 0 Å². The summed E-state index contributed by atoms with van der Waals surface area (Å²) < 4.78 is 0. The molecule has 1 radical (unpaired) electrons. The summed E-state index contributed by atoms with van der Waals surface area (Å²) in [5.41, 5.74) is 1.78. The zero-order valence-electron chi connectivity index (χ0n) is 5.96. The van der Waals surface area contributed by atoms with Gasteiger partial charge in [-0.05, 0) is 0 Å². The Balaban J connectivity index is 0.000000810. The first-order chi connectivity index (χ1) is 4.20. The minimum Gasteiger partial charge on any atom is -0.395 e. The average molecular weight is 210 g/mol. The molecule has 0 bridgehead atoms. The molecule has 1 rings (SSSR count). The third-order valence-corrected chi connectivity index (χ3v) is 1.13. The van der Waals surface area contributed by atoms with Gasteiger partial charge in [0, 0.05) is 32.7 Å². The second-order valence-corrected chi connectivity index (χ2v) is 1.99. The van der Waals surface area contributed by atoms with Gasteiger partial charge >= 0.3 is 0 Å². The molecule has 0 saturated carbocycles. The molecule has 0 aromatic carbocycles. The fourth-order valence-electron chi connectivity index (χ4n) is 0.601. The van der Waals surface area contributed by atoms with E-state index >= 15 is 0 Å². The van der Waals surface area contributed by atoms with Crippen molar-refractivity contribution in [2.75, 3.05) is 0 Å². The van der Waals surface area contributed by atoms with E-state index in [1.54, 1.807) is 0 Å². The third-order valence-electron chi connectivity index (χ3n) is 1.13. The summed E-state index contributed by atoms with van der Waals surface area (Å²) in [6.45, 7) is 5.60. The zero-order valence-corrected chi connectivity index (χ0v) is 8.80. The van der Waals surface area contributed by atoms with Gasteiger partial charge < -0.3 is 5.01 Å². The Morgan fingerprint density at radius 2 is 2.20 bits per heavy atom. The Labute approximate surface area is 86.3 Å². The van der Waals surface area contributed by atoms with Gasteiger partial charge in [0.05, 0.1) is 0 Å². The Kier molecular flexibility index (Phi) is 4.10. The molecular formula is C7H9N2Y-. The van der Waals surface area contributed by atoms with Gasteiger partial charge in [-0.3, -0.25) is 5.84 Å². The van der Waals surface area contributed by atoms with Crippen LogP contribution in [0.1, 0.15) is 6.92 Å². The van der Waals surface area contributed by atoms with E-state index in [0.29, 0.717) is 0 Å². The first-order valence-corrected chi connectivity index (χ1v) is 2.72. The van der Waals surface area contributed by atoms with Crippen LogP contribution in [0, 0.1) is 6.20 Å². The van der Waals surface area contributed by atoms with Crippen LogP contribution in [0.5, 0.6) is 0 Å². The van der Waals surface area contributed by atoms with E-state index in [0.717, 1.165) is 11.3 Å². The zero-order chi connectivity index (χ0) is 6.85. The van der Waals surface area contributed by atoms with E-state index in [-0.39, 0.29) is 32.7 Å². The normalized spacial score (nSPS) is 16.4. The predicted octanol–water partition coefficient (Wildman–Crippen LogP) is 0.950. The van der Waals surface area contributed by atoms with Gasteiger partial charge in [0.25, 0.3) is 0 Å². The summed E-state index contributed by atoms with van der Waals surface area (Å²) in [6.07, 6.45) is 6.65. The van der Waals surface area contributed by atoms with Crippen molar-refractivity contribution in [1.29, 1.82) is 0 Å². The number of hydrogen-bond donors (Lipinski definition) is 1. The second-order valence-electron chi connectivity index (χ2n) is 1.99.